The first-order valence-electron chi connectivity index (χ1n) is 7.02. The molecule has 2 atom stereocenters. The van der Waals surface area contributed by atoms with Crippen molar-refractivity contribution in [1.82, 2.24) is 0 Å². The van der Waals surface area contributed by atoms with Gasteiger partial charge < -0.3 is 0 Å². The smallest absolute Gasteiger partial charge is 0.0360 e. The van der Waals surface area contributed by atoms with Crippen molar-refractivity contribution in [3.63, 3.8) is 0 Å². The van der Waals surface area contributed by atoms with Crippen LogP contribution in [0.1, 0.15) is 73.6 Å². The van der Waals surface area contributed by atoms with E-state index >= 15 is 0 Å². The Balaban J connectivity index is 4.27. The molecule has 0 rings (SSSR count). The third kappa shape index (κ3) is 6.22. The average molecular weight is 212 g/mol. The fourth-order valence-corrected chi connectivity index (χ4v) is 2.91. The van der Waals surface area contributed by atoms with Crippen molar-refractivity contribution in [3.8, 4) is 0 Å². The zero-order chi connectivity index (χ0) is 11.8. The summed E-state index contributed by atoms with van der Waals surface area (Å²) in [4.78, 5) is 0. The largest absolute Gasteiger partial charge is 0.0654 e. The maximum absolute atomic E-state index is 2.46. The van der Waals surface area contributed by atoms with Crippen molar-refractivity contribution < 1.29 is 0 Å². The first-order valence-corrected chi connectivity index (χ1v) is 7.02. The van der Waals surface area contributed by atoms with E-state index < -0.39 is 0 Å². The van der Waals surface area contributed by atoms with E-state index in [4.69, 9.17) is 0 Å². The van der Waals surface area contributed by atoms with Crippen LogP contribution in [0, 0.1) is 23.7 Å². The fraction of sp³-hybridized carbons (Fsp3) is 1.00. The molecule has 0 aliphatic carbocycles. The third-order valence-electron chi connectivity index (χ3n) is 3.69. The van der Waals surface area contributed by atoms with E-state index in [1.54, 1.807) is 0 Å². The van der Waals surface area contributed by atoms with Crippen molar-refractivity contribution in [1.29, 1.82) is 0 Å². The first kappa shape index (κ1) is 15.0. The summed E-state index contributed by atoms with van der Waals surface area (Å²) in [5.74, 6) is 3.64. The summed E-state index contributed by atoms with van der Waals surface area (Å²) in [5, 5.41) is 0. The molecule has 0 N–H and O–H groups in total. The zero-order valence-electron chi connectivity index (χ0n) is 11.8. The summed E-state index contributed by atoms with van der Waals surface area (Å²) < 4.78 is 0. The Morgan fingerprint density at radius 1 is 0.733 bits per heavy atom. The van der Waals surface area contributed by atoms with Gasteiger partial charge in [0.1, 0.15) is 0 Å². The summed E-state index contributed by atoms with van der Waals surface area (Å²) in [7, 11) is 0. The van der Waals surface area contributed by atoms with Gasteiger partial charge in [-0.1, -0.05) is 67.2 Å². The van der Waals surface area contributed by atoms with Gasteiger partial charge in [0.2, 0.25) is 0 Å². The molecule has 0 saturated heterocycles. The van der Waals surface area contributed by atoms with Crippen LogP contribution < -0.4 is 0 Å². The van der Waals surface area contributed by atoms with Gasteiger partial charge in [-0.2, -0.15) is 0 Å². The normalized spacial score (nSPS) is 17.8. The van der Waals surface area contributed by atoms with E-state index in [0.29, 0.717) is 0 Å². The van der Waals surface area contributed by atoms with Gasteiger partial charge >= 0.3 is 0 Å². The Bertz CT molecular complexity index is 125. The summed E-state index contributed by atoms with van der Waals surface area (Å²) >= 11 is 0. The molecule has 0 radical (unpaired) electrons. The van der Waals surface area contributed by atoms with Gasteiger partial charge in [-0.3, -0.25) is 0 Å². The van der Waals surface area contributed by atoms with E-state index in [2.05, 4.69) is 41.5 Å². The van der Waals surface area contributed by atoms with E-state index in [0.717, 1.165) is 23.7 Å². The standard InChI is InChI=1S/C15H32/c1-7-9-13(5)15(11-12(3)4)14(6)10-8-2/h12-15H,7-11H2,1-6H3. The van der Waals surface area contributed by atoms with Crippen LogP contribution >= 0.6 is 0 Å². The van der Waals surface area contributed by atoms with Crippen LogP contribution in [0.4, 0.5) is 0 Å². The second-order valence-corrected chi connectivity index (χ2v) is 5.83. The first-order chi connectivity index (χ1) is 7.02. The molecule has 0 amide bonds. The highest BCUT2D eigenvalue weighted by Gasteiger charge is 2.23. The minimum atomic E-state index is 0.855. The molecular weight excluding hydrogens is 180 g/mol. The summed E-state index contributed by atoms with van der Waals surface area (Å²) in [6.45, 7) is 14.3. The molecular formula is C15H32. The van der Waals surface area contributed by atoms with Gasteiger partial charge in [-0.25, -0.2) is 0 Å². The van der Waals surface area contributed by atoms with E-state index in [1.807, 2.05) is 0 Å². The second kappa shape index (κ2) is 8.19. The number of hydrogen-bond acceptors (Lipinski definition) is 0. The Hall–Kier alpha value is 0. The van der Waals surface area contributed by atoms with E-state index in [-0.39, 0.29) is 0 Å². The molecule has 0 bridgehead atoms. The SMILES string of the molecule is CCCC(C)C(CC(C)C)C(C)CCC. The number of rotatable bonds is 8. The predicted molar refractivity (Wildman–Crippen MR) is 71.1 cm³/mol. The van der Waals surface area contributed by atoms with Crippen molar-refractivity contribution >= 4 is 0 Å². The van der Waals surface area contributed by atoms with Gasteiger partial charge in [0.15, 0.2) is 0 Å². The maximum Gasteiger partial charge on any atom is -0.0360 e. The molecule has 0 heteroatoms. The molecule has 0 fully saturated rings. The molecule has 0 spiro atoms. The minimum absolute atomic E-state index is 0.855. The average Bonchev–Trinajstić information content (AvgIpc) is 2.14. The summed E-state index contributed by atoms with van der Waals surface area (Å²) in [6, 6.07) is 0. The Labute approximate surface area is 97.8 Å². The lowest BCUT2D eigenvalue weighted by Gasteiger charge is -2.31. The zero-order valence-corrected chi connectivity index (χ0v) is 11.8. The van der Waals surface area contributed by atoms with Crippen LogP contribution in [-0.2, 0) is 0 Å². The Morgan fingerprint density at radius 3 is 1.40 bits per heavy atom. The van der Waals surface area contributed by atoms with Crippen LogP contribution in [0.5, 0.6) is 0 Å². The molecule has 92 valence electrons. The monoisotopic (exact) mass is 212 g/mol. The Morgan fingerprint density at radius 2 is 1.13 bits per heavy atom. The van der Waals surface area contributed by atoms with Gasteiger partial charge in [-0.05, 0) is 30.1 Å². The van der Waals surface area contributed by atoms with Crippen LogP contribution in [0.2, 0.25) is 0 Å². The Kier molecular flexibility index (Phi) is 8.19. The molecule has 0 heterocycles. The van der Waals surface area contributed by atoms with Crippen LogP contribution in [-0.4, -0.2) is 0 Å². The molecule has 0 nitrogen and oxygen atoms in total. The van der Waals surface area contributed by atoms with Gasteiger partial charge in [0.25, 0.3) is 0 Å². The van der Waals surface area contributed by atoms with Gasteiger partial charge in [0.05, 0.1) is 0 Å². The third-order valence-corrected chi connectivity index (χ3v) is 3.69. The predicted octanol–water partition coefficient (Wildman–Crippen LogP) is 5.52. The molecule has 0 saturated carbocycles. The summed E-state index contributed by atoms with van der Waals surface area (Å²) in [5.41, 5.74) is 0. The molecule has 15 heavy (non-hydrogen) atoms. The lowest BCUT2D eigenvalue weighted by Crippen LogP contribution is -2.21. The van der Waals surface area contributed by atoms with E-state index in [9.17, 15) is 0 Å². The molecule has 0 aliphatic rings. The topological polar surface area (TPSA) is 0 Å². The lowest BCUT2D eigenvalue weighted by molar-refractivity contribution is 0.194. The van der Waals surface area contributed by atoms with E-state index in [1.165, 1.54) is 32.1 Å². The van der Waals surface area contributed by atoms with Crippen molar-refractivity contribution in [3.05, 3.63) is 0 Å². The minimum Gasteiger partial charge on any atom is -0.0654 e. The number of hydrogen-bond donors (Lipinski definition) is 0. The van der Waals surface area contributed by atoms with Crippen LogP contribution in [0.25, 0.3) is 0 Å². The van der Waals surface area contributed by atoms with Crippen molar-refractivity contribution in [2.45, 2.75) is 73.6 Å². The quantitative estimate of drug-likeness (QED) is 0.497. The highest BCUT2D eigenvalue weighted by Crippen LogP contribution is 2.32. The fourth-order valence-electron chi connectivity index (χ4n) is 2.91. The van der Waals surface area contributed by atoms with Crippen LogP contribution in [0.3, 0.4) is 0 Å². The highest BCUT2D eigenvalue weighted by molar-refractivity contribution is 4.73. The lowest BCUT2D eigenvalue weighted by atomic mass is 9.75. The van der Waals surface area contributed by atoms with Crippen molar-refractivity contribution in [2.75, 3.05) is 0 Å². The molecule has 0 aliphatic heterocycles. The molecule has 2 unspecified atom stereocenters. The molecule has 0 aromatic heterocycles. The highest BCUT2D eigenvalue weighted by atomic mass is 14.3. The second-order valence-electron chi connectivity index (χ2n) is 5.83. The summed E-state index contributed by atoms with van der Waals surface area (Å²) in [6.07, 6.45) is 6.92. The van der Waals surface area contributed by atoms with Gasteiger partial charge in [-0.15, -0.1) is 0 Å². The maximum atomic E-state index is 2.46. The van der Waals surface area contributed by atoms with Crippen LogP contribution in [0.15, 0.2) is 0 Å². The van der Waals surface area contributed by atoms with Crippen molar-refractivity contribution in [2.24, 2.45) is 23.7 Å². The molecule has 0 aromatic carbocycles. The molecule has 0 aromatic rings. The van der Waals surface area contributed by atoms with Gasteiger partial charge in [0, 0.05) is 0 Å².